The number of nitrogens with one attached hydrogen (secondary N) is 1. The quantitative estimate of drug-likeness (QED) is 0.942. The van der Waals surface area contributed by atoms with Crippen LogP contribution in [0.4, 0.5) is 5.69 Å². The van der Waals surface area contributed by atoms with Crippen LogP contribution in [0.2, 0.25) is 0 Å². The molecule has 4 nitrogen and oxygen atoms in total. The van der Waals surface area contributed by atoms with Crippen LogP contribution < -0.4 is 5.32 Å². The highest BCUT2D eigenvalue weighted by molar-refractivity contribution is 7.16. The van der Waals surface area contributed by atoms with Crippen molar-refractivity contribution in [3.8, 4) is 0 Å². The van der Waals surface area contributed by atoms with Gasteiger partial charge in [0.1, 0.15) is 0 Å². The van der Waals surface area contributed by atoms with E-state index in [9.17, 15) is 4.79 Å². The fraction of sp³-hybridized carbons (Fsp3) is 0.467. The van der Waals surface area contributed by atoms with Crippen LogP contribution in [0.1, 0.15) is 25.7 Å². The predicted molar refractivity (Wildman–Crippen MR) is 81.0 cm³/mol. The molecule has 0 bridgehead atoms. The van der Waals surface area contributed by atoms with E-state index in [1.807, 2.05) is 23.7 Å². The predicted octanol–water partition coefficient (Wildman–Crippen LogP) is 3.44. The van der Waals surface area contributed by atoms with Crippen LogP contribution in [0.3, 0.4) is 0 Å². The normalized spacial score (nSPS) is 22.9. The average Bonchev–Trinajstić information content (AvgIpc) is 2.95. The van der Waals surface area contributed by atoms with Gasteiger partial charge in [0.2, 0.25) is 5.91 Å². The minimum atomic E-state index is 0.110. The van der Waals surface area contributed by atoms with E-state index in [1.165, 1.54) is 0 Å². The minimum Gasteiger partial charge on any atom is -0.381 e. The van der Waals surface area contributed by atoms with Gasteiger partial charge in [0, 0.05) is 18.7 Å². The number of carbonyl (C=O) groups is 1. The number of aromatic nitrogens is 1. The van der Waals surface area contributed by atoms with Crippen LogP contribution in [-0.2, 0) is 9.53 Å². The molecular weight excluding hydrogens is 272 g/mol. The Labute approximate surface area is 122 Å². The lowest BCUT2D eigenvalue weighted by molar-refractivity contribution is -0.121. The first-order valence-electron chi connectivity index (χ1n) is 6.93. The Hall–Kier alpha value is -1.46. The molecule has 1 fully saturated rings. The van der Waals surface area contributed by atoms with E-state index >= 15 is 0 Å². The summed E-state index contributed by atoms with van der Waals surface area (Å²) in [6.45, 7) is 0. The molecule has 3 rings (SSSR count). The SMILES string of the molecule is COC1CCC(C(=O)Nc2ccc3ncsc3c2)CC1. The van der Waals surface area contributed by atoms with Gasteiger partial charge in [-0.1, -0.05) is 0 Å². The maximum Gasteiger partial charge on any atom is 0.227 e. The van der Waals surface area contributed by atoms with Gasteiger partial charge in [0.15, 0.2) is 0 Å². The number of hydrogen-bond donors (Lipinski definition) is 1. The van der Waals surface area contributed by atoms with Crippen LogP contribution in [0, 0.1) is 5.92 Å². The summed E-state index contributed by atoms with van der Waals surface area (Å²) in [5, 5.41) is 3.03. The Morgan fingerprint density at radius 2 is 2.15 bits per heavy atom. The lowest BCUT2D eigenvalue weighted by Gasteiger charge is -2.26. The van der Waals surface area contributed by atoms with Gasteiger partial charge < -0.3 is 10.1 Å². The van der Waals surface area contributed by atoms with Crippen LogP contribution in [0.5, 0.6) is 0 Å². The van der Waals surface area contributed by atoms with Crippen LogP contribution >= 0.6 is 11.3 Å². The zero-order chi connectivity index (χ0) is 13.9. The number of benzene rings is 1. The third kappa shape index (κ3) is 2.83. The van der Waals surface area contributed by atoms with Gasteiger partial charge in [-0.15, -0.1) is 11.3 Å². The summed E-state index contributed by atoms with van der Waals surface area (Å²) in [5.41, 5.74) is 3.66. The topological polar surface area (TPSA) is 51.2 Å². The van der Waals surface area contributed by atoms with Gasteiger partial charge in [-0.3, -0.25) is 4.79 Å². The lowest BCUT2D eigenvalue weighted by Crippen LogP contribution is -2.29. The molecule has 1 aromatic heterocycles. The van der Waals surface area contributed by atoms with Crippen molar-refractivity contribution in [1.82, 2.24) is 4.98 Å². The number of hydrogen-bond acceptors (Lipinski definition) is 4. The van der Waals surface area contributed by atoms with Gasteiger partial charge in [0.25, 0.3) is 0 Å². The number of carbonyl (C=O) groups excluding carboxylic acids is 1. The van der Waals surface area contributed by atoms with Crippen molar-refractivity contribution in [2.24, 2.45) is 5.92 Å². The van der Waals surface area contributed by atoms with Crippen LogP contribution in [0.25, 0.3) is 10.2 Å². The molecule has 1 aliphatic carbocycles. The van der Waals surface area contributed by atoms with Crippen molar-refractivity contribution in [3.05, 3.63) is 23.7 Å². The molecule has 0 aliphatic heterocycles. The first-order valence-corrected chi connectivity index (χ1v) is 7.81. The second kappa shape index (κ2) is 5.89. The molecular formula is C15H18N2O2S. The van der Waals surface area contributed by atoms with Crippen LogP contribution in [-0.4, -0.2) is 24.1 Å². The molecule has 20 heavy (non-hydrogen) atoms. The summed E-state index contributed by atoms with van der Waals surface area (Å²) < 4.78 is 6.44. The maximum atomic E-state index is 12.3. The van der Waals surface area contributed by atoms with E-state index in [2.05, 4.69) is 10.3 Å². The fourth-order valence-electron chi connectivity index (χ4n) is 2.74. The standard InChI is InChI=1S/C15H18N2O2S/c1-19-12-5-2-10(3-6-12)15(18)17-11-4-7-13-14(8-11)20-9-16-13/h4,7-10,12H,2-3,5-6H2,1H3,(H,17,18). The minimum absolute atomic E-state index is 0.110. The molecule has 1 heterocycles. The zero-order valence-corrected chi connectivity index (χ0v) is 12.3. The molecule has 2 aromatic rings. The first-order chi connectivity index (χ1) is 9.76. The summed E-state index contributed by atoms with van der Waals surface area (Å²) in [6, 6.07) is 5.86. The third-order valence-corrected chi connectivity index (χ3v) is 4.77. The highest BCUT2D eigenvalue weighted by Gasteiger charge is 2.26. The number of anilines is 1. The van der Waals surface area contributed by atoms with Gasteiger partial charge in [0.05, 0.1) is 21.8 Å². The highest BCUT2D eigenvalue weighted by Crippen LogP contribution is 2.28. The number of methoxy groups -OCH3 is 1. The van der Waals surface area contributed by atoms with Gasteiger partial charge in [-0.2, -0.15) is 0 Å². The van der Waals surface area contributed by atoms with Gasteiger partial charge >= 0.3 is 0 Å². The van der Waals surface area contributed by atoms with E-state index in [0.29, 0.717) is 6.10 Å². The number of thiazole rings is 1. The molecule has 1 saturated carbocycles. The second-order valence-electron chi connectivity index (χ2n) is 5.23. The number of nitrogens with zero attached hydrogens (tertiary/aromatic N) is 1. The monoisotopic (exact) mass is 290 g/mol. The summed E-state index contributed by atoms with van der Waals surface area (Å²) in [4.78, 5) is 16.5. The van der Waals surface area contributed by atoms with Crippen LogP contribution in [0.15, 0.2) is 23.7 Å². The summed E-state index contributed by atoms with van der Waals surface area (Å²) >= 11 is 1.59. The maximum absolute atomic E-state index is 12.3. The number of fused-ring (bicyclic) bond motifs is 1. The zero-order valence-electron chi connectivity index (χ0n) is 11.5. The summed E-state index contributed by atoms with van der Waals surface area (Å²) in [6.07, 6.45) is 4.10. The number of amides is 1. The third-order valence-electron chi connectivity index (χ3n) is 3.98. The van der Waals surface area contributed by atoms with Crippen molar-refractivity contribution in [3.63, 3.8) is 0 Å². The van der Waals surface area contributed by atoms with Gasteiger partial charge in [-0.05, 0) is 43.9 Å². The Morgan fingerprint density at radius 1 is 1.35 bits per heavy atom. The van der Waals surface area contributed by atoms with Gasteiger partial charge in [-0.25, -0.2) is 4.98 Å². The molecule has 1 amide bonds. The number of rotatable bonds is 3. The second-order valence-corrected chi connectivity index (χ2v) is 6.12. The number of ether oxygens (including phenoxy) is 1. The average molecular weight is 290 g/mol. The molecule has 1 aliphatic rings. The highest BCUT2D eigenvalue weighted by atomic mass is 32.1. The molecule has 0 spiro atoms. The Morgan fingerprint density at radius 3 is 2.90 bits per heavy atom. The molecule has 0 unspecified atom stereocenters. The Bertz CT molecular complexity index is 603. The van der Waals surface area contributed by atoms with E-state index in [4.69, 9.17) is 4.74 Å². The van der Waals surface area contributed by atoms with E-state index in [0.717, 1.165) is 41.6 Å². The summed E-state index contributed by atoms with van der Waals surface area (Å²) in [7, 11) is 1.75. The van der Waals surface area contributed by atoms with Crippen molar-refractivity contribution in [1.29, 1.82) is 0 Å². The first kappa shape index (κ1) is 13.5. The van der Waals surface area contributed by atoms with Crippen molar-refractivity contribution >= 4 is 33.1 Å². The van der Waals surface area contributed by atoms with Crippen molar-refractivity contribution in [2.45, 2.75) is 31.8 Å². The van der Waals surface area contributed by atoms with Crippen molar-refractivity contribution in [2.75, 3.05) is 12.4 Å². The Balaban J connectivity index is 1.63. The molecule has 0 atom stereocenters. The molecule has 5 heteroatoms. The molecule has 0 saturated heterocycles. The van der Waals surface area contributed by atoms with Crippen molar-refractivity contribution < 1.29 is 9.53 Å². The Kier molecular flexibility index (Phi) is 3.98. The molecule has 106 valence electrons. The molecule has 0 radical (unpaired) electrons. The van der Waals surface area contributed by atoms with E-state index in [-0.39, 0.29) is 11.8 Å². The largest absolute Gasteiger partial charge is 0.381 e. The fourth-order valence-corrected chi connectivity index (χ4v) is 3.45. The molecule has 1 N–H and O–H groups in total. The smallest absolute Gasteiger partial charge is 0.227 e. The van der Waals surface area contributed by atoms with E-state index in [1.54, 1.807) is 18.4 Å². The lowest BCUT2D eigenvalue weighted by atomic mass is 9.87. The molecule has 1 aromatic carbocycles. The van der Waals surface area contributed by atoms with E-state index < -0.39 is 0 Å². The summed E-state index contributed by atoms with van der Waals surface area (Å²) in [5.74, 6) is 0.238.